The summed E-state index contributed by atoms with van der Waals surface area (Å²) in [6.07, 6.45) is 1.70. The number of amides is 2. The van der Waals surface area contributed by atoms with Crippen LogP contribution in [0.1, 0.15) is 50.4 Å². The smallest absolute Gasteiger partial charge is 0.342 e. The van der Waals surface area contributed by atoms with Gasteiger partial charge in [0.1, 0.15) is 11.8 Å². The second-order valence-corrected chi connectivity index (χ2v) is 8.23. The first kappa shape index (κ1) is 22.7. The predicted molar refractivity (Wildman–Crippen MR) is 112 cm³/mol. The fourth-order valence-electron chi connectivity index (χ4n) is 2.98. The van der Waals surface area contributed by atoms with Gasteiger partial charge in [0.15, 0.2) is 0 Å². The van der Waals surface area contributed by atoms with Gasteiger partial charge in [0, 0.05) is 5.56 Å². The van der Waals surface area contributed by atoms with Crippen LogP contribution in [0.3, 0.4) is 0 Å². The standard InChI is InChI=1S/C20H27N3O5S/c1-5-6-11-20(19(26)27)23(21-12-29-20)18(25)16(13(2)3)22-17(24)14-7-9-15(28-4)10-8-14/h7-10,12-13,16H,5-6,11H2,1-4H3,(H,22,24)(H,26,27). The Balaban J connectivity index is 2.24. The molecule has 1 aliphatic rings. The van der Waals surface area contributed by atoms with Crippen LogP contribution in [0.4, 0.5) is 0 Å². The molecule has 2 N–H and O–H groups in total. The molecule has 0 spiro atoms. The minimum atomic E-state index is -1.48. The number of carbonyl (C=O) groups is 3. The van der Waals surface area contributed by atoms with Crippen molar-refractivity contribution in [2.75, 3.05) is 7.11 Å². The number of carbonyl (C=O) groups excluding carboxylic acids is 2. The summed E-state index contributed by atoms with van der Waals surface area (Å²) in [5.74, 6) is -1.73. The number of thioether (sulfide) groups is 1. The first-order valence-corrected chi connectivity index (χ1v) is 10.4. The van der Waals surface area contributed by atoms with Crippen molar-refractivity contribution in [1.29, 1.82) is 0 Å². The molecule has 0 aliphatic carbocycles. The zero-order valence-corrected chi connectivity index (χ0v) is 17.9. The zero-order valence-electron chi connectivity index (χ0n) is 17.0. The van der Waals surface area contributed by atoms with Gasteiger partial charge >= 0.3 is 5.97 Å². The molecule has 1 aromatic carbocycles. The number of methoxy groups -OCH3 is 1. The highest BCUT2D eigenvalue weighted by atomic mass is 32.2. The first-order valence-electron chi connectivity index (χ1n) is 9.49. The molecule has 0 saturated carbocycles. The van der Waals surface area contributed by atoms with E-state index in [4.69, 9.17) is 4.74 Å². The lowest BCUT2D eigenvalue weighted by Crippen LogP contribution is -2.57. The van der Waals surface area contributed by atoms with Crippen LogP contribution in [0.25, 0.3) is 0 Å². The van der Waals surface area contributed by atoms with Gasteiger partial charge < -0.3 is 15.2 Å². The number of carboxylic acid groups (broad SMARTS) is 1. The van der Waals surface area contributed by atoms with Crippen LogP contribution in [0, 0.1) is 5.92 Å². The predicted octanol–water partition coefficient (Wildman–Crippen LogP) is 2.94. The number of aliphatic carboxylic acids is 1. The number of hydrogen-bond donors (Lipinski definition) is 2. The van der Waals surface area contributed by atoms with Gasteiger partial charge in [0.2, 0.25) is 4.87 Å². The zero-order chi connectivity index (χ0) is 21.6. The third-order valence-corrected chi connectivity index (χ3v) is 5.88. The first-order chi connectivity index (χ1) is 13.8. The molecule has 1 aliphatic heterocycles. The summed E-state index contributed by atoms with van der Waals surface area (Å²) >= 11 is 1.01. The minimum absolute atomic E-state index is 0.261. The van der Waals surface area contributed by atoms with Crippen LogP contribution in [0.5, 0.6) is 5.75 Å². The molecular weight excluding hydrogens is 394 g/mol. The van der Waals surface area contributed by atoms with Crippen molar-refractivity contribution in [3.05, 3.63) is 29.8 Å². The number of carboxylic acids is 1. The molecule has 1 heterocycles. The van der Waals surface area contributed by atoms with Crippen molar-refractivity contribution in [1.82, 2.24) is 10.3 Å². The second kappa shape index (κ2) is 9.78. The van der Waals surface area contributed by atoms with E-state index in [0.29, 0.717) is 17.7 Å². The number of nitrogens with one attached hydrogen (secondary N) is 1. The molecule has 2 rings (SSSR count). The molecule has 29 heavy (non-hydrogen) atoms. The van der Waals surface area contributed by atoms with E-state index in [1.165, 1.54) is 12.7 Å². The van der Waals surface area contributed by atoms with Gasteiger partial charge in [-0.1, -0.05) is 39.0 Å². The van der Waals surface area contributed by atoms with Gasteiger partial charge in [-0.15, -0.1) is 0 Å². The SMILES string of the molecule is CCCCC1(C(=O)O)SC=NN1C(=O)C(NC(=O)c1ccc(OC)cc1)C(C)C. The molecule has 0 radical (unpaired) electrons. The molecule has 0 aromatic heterocycles. The summed E-state index contributed by atoms with van der Waals surface area (Å²) in [5.41, 5.74) is 1.75. The Kier molecular flexibility index (Phi) is 7.66. The van der Waals surface area contributed by atoms with E-state index in [-0.39, 0.29) is 12.3 Å². The molecule has 2 unspecified atom stereocenters. The van der Waals surface area contributed by atoms with Crippen LogP contribution in [0.2, 0.25) is 0 Å². The fraction of sp³-hybridized carbons (Fsp3) is 0.500. The van der Waals surface area contributed by atoms with Crippen LogP contribution < -0.4 is 10.1 Å². The molecule has 2 atom stereocenters. The van der Waals surface area contributed by atoms with E-state index >= 15 is 0 Å². The minimum Gasteiger partial charge on any atom is -0.497 e. The van der Waals surface area contributed by atoms with Crippen molar-refractivity contribution < 1.29 is 24.2 Å². The number of ether oxygens (including phenoxy) is 1. The van der Waals surface area contributed by atoms with Crippen molar-refractivity contribution in [3.63, 3.8) is 0 Å². The molecule has 1 aromatic rings. The lowest BCUT2D eigenvalue weighted by atomic mass is 10.0. The number of unbranched alkanes of at least 4 members (excludes halogenated alkanes) is 1. The quantitative estimate of drug-likeness (QED) is 0.635. The van der Waals surface area contributed by atoms with Gasteiger partial charge in [0.05, 0.1) is 12.7 Å². The highest BCUT2D eigenvalue weighted by Gasteiger charge is 2.52. The van der Waals surface area contributed by atoms with E-state index < -0.39 is 28.7 Å². The highest BCUT2D eigenvalue weighted by Crippen LogP contribution is 2.39. The van der Waals surface area contributed by atoms with Crippen molar-refractivity contribution in [2.45, 2.75) is 50.9 Å². The maximum absolute atomic E-state index is 13.2. The average molecular weight is 422 g/mol. The Morgan fingerprint density at radius 3 is 2.45 bits per heavy atom. The number of benzene rings is 1. The molecule has 2 amide bonds. The maximum Gasteiger partial charge on any atom is 0.342 e. The van der Waals surface area contributed by atoms with Crippen molar-refractivity contribution in [3.8, 4) is 5.75 Å². The summed E-state index contributed by atoms with van der Waals surface area (Å²) < 4.78 is 5.09. The van der Waals surface area contributed by atoms with Crippen LogP contribution in [0.15, 0.2) is 29.4 Å². The van der Waals surface area contributed by atoms with E-state index in [2.05, 4.69) is 10.4 Å². The fourth-order valence-corrected chi connectivity index (χ4v) is 3.89. The Morgan fingerprint density at radius 2 is 1.93 bits per heavy atom. The Morgan fingerprint density at radius 1 is 1.28 bits per heavy atom. The topological polar surface area (TPSA) is 108 Å². The van der Waals surface area contributed by atoms with E-state index in [1.54, 1.807) is 38.1 Å². The molecule has 9 heteroatoms. The van der Waals surface area contributed by atoms with E-state index in [9.17, 15) is 19.5 Å². The van der Waals surface area contributed by atoms with Crippen molar-refractivity contribution in [2.24, 2.45) is 11.0 Å². The molecule has 158 valence electrons. The molecule has 0 bridgehead atoms. The lowest BCUT2D eigenvalue weighted by molar-refractivity contribution is -0.154. The largest absolute Gasteiger partial charge is 0.497 e. The van der Waals surface area contributed by atoms with Gasteiger partial charge in [-0.05, 0) is 43.0 Å². The normalized spacial score (nSPS) is 19.3. The van der Waals surface area contributed by atoms with E-state index in [1.807, 2.05) is 6.92 Å². The molecule has 0 saturated heterocycles. The Bertz CT molecular complexity index is 781. The Hall–Kier alpha value is -2.55. The van der Waals surface area contributed by atoms with Gasteiger partial charge in [-0.25, -0.2) is 9.80 Å². The average Bonchev–Trinajstić information content (AvgIpc) is 3.15. The number of nitrogens with zero attached hydrogens (tertiary/aromatic N) is 2. The third kappa shape index (κ3) is 4.90. The molecule has 8 nitrogen and oxygen atoms in total. The summed E-state index contributed by atoms with van der Waals surface area (Å²) in [4.78, 5) is 36.5. The summed E-state index contributed by atoms with van der Waals surface area (Å²) in [6.45, 7) is 5.53. The van der Waals surface area contributed by atoms with Crippen LogP contribution in [-0.4, -0.2) is 51.5 Å². The Labute approximate surface area is 174 Å². The second-order valence-electron chi connectivity index (χ2n) is 7.11. The molecular formula is C20H27N3O5S. The van der Waals surface area contributed by atoms with Gasteiger partial charge in [0.25, 0.3) is 11.8 Å². The number of hydrogen-bond acceptors (Lipinski definition) is 6. The van der Waals surface area contributed by atoms with Gasteiger partial charge in [-0.2, -0.15) is 5.10 Å². The van der Waals surface area contributed by atoms with Gasteiger partial charge in [-0.3, -0.25) is 9.59 Å². The lowest BCUT2D eigenvalue weighted by Gasteiger charge is -2.34. The maximum atomic E-state index is 13.2. The van der Waals surface area contributed by atoms with Crippen molar-refractivity contribution >= 4 is 35.1 Å². The third-order valence-electron chi connectivity index (χ3n) is 4.74. The van der Waals surface area contributed by atoms with Crippen LogP contribution in [-0.2, 0) is 9.59 Å². The summed E-state index contributed by atoms with van der Waals surface area (Å²) in [6, 6.07) is 5.59. The monoisotopic (exact) mass is 421 g/mol. The summed E-state index contributed by atoms with van der Waals surface area (Å²) in [7, 11) is 1.53. The number of rotatable bonds is 9. The summed E-state index contributed by atoms with van der Waals surface area (Å²) in [5, 5.41) is 17.6. The number of hydrazone groups is 1. The van der Waals surface area contributed by atoms with E-state index in [0.717, 1.165) is 23.2 Å². The molecule has 0 fully saturated rings. The highest BCUT2D eigenvalue weighted by molar-refractivity contribution is 8.14. The van der Waals surface area contributed by atoms with Crippen LogP contribution >= 0.6 is 11.8 Å².